The molecule has 0 bridgehead atoms. The Balaban J connectivity index is 1.88. The summed E-state index contributed by atoms with van der Waals surface area (Å²) in [4.78, 5) is 31.9. The maximum Gasteiger partial charge on any atom is 0.254 e. The topological polar surface area (TPSA) is 88.8 Å². The zero-order chi connectivity index (χ0) is 17.5. The fourth-order valence-electron chi connectivity index (χ4n) is 3.55. The van der Waals surface area contributed by atoms with E-state index in [0.29, 0.717) is 49.1 Å². The van der Waals surface area contributed by atoms with E-state index in [1.54, 1.807) is 20.2 Å². The fourth-order valence-corrected chi connectivity index (χ4v) is 3.84. The van der Waals surface area contributed by atoms with Crippen molar-refractivity contribution in [1.82, 2.24) is 9.88 Å². The highest BCUT2D eigenvalue weighted by Crippen LogP contribution is 2.44. The fraction of sp³-hybridized carbons (Fsp3) is 0.562. The number of anilines is 1. The van der Waals surface area contributed by atoms with E-state index in [0.717, 1.165) is 0 Å². The Labute approximate surface area is 145 Å². The van der Waals surface area contributed by atoms with Gasteiger partial charge in [-0.05, 0) is 12.5 Å². The van der Waals surface area contributed by atoms with Crippen LogP contribution in [0.15, 0.2) is 12.3 Å². The third kappa shape index (κ3) is 2.71. The Kier molecular flexibility index (Phi) is 4.40. The summed E-state index contributed by atoms with van der Waals surface area (Å²) in [5.74, 6) is 0.147. The highest BCUT2D eigenvalue weighted by molar-refractivity contribution is 6.33. The summed E-state index contributed by atoms with van der Waals surface area (Å²) in [5, 5.41) is 0.391. The first-order valence-corrected chi connectivity index (χ1v) is 8.23. The number of primary amides is 1. The molecule has 8 heteroatoms. The van der Waals surface area contributed by atoms with Gasteiger partial charge < -0.3 is 20.3 Å². The van der Waals surface area contributed by atoms with Gasteiger partial charge in [0.05, 0.1) is 22.6 Å². The Bertz CT molecular complexity index is 681. The monoisotopic (exact) mass is 352 g/mol. The number of carbonyl (C=O) groups is 2. The Morgan fingerprint density at radius 3 is 2.83 bits per heavy atom. The van der Waals surface area contributed by atoms with Crippen molar-refractivity contribution >= 4 is 29.2 Å². The molecule has 1 aromatic heterocycles. The number of carbonyl (C=O) groups excluding carboxylic acids is 2. The van der Waals surface area contributed by atoms with Gasteiger partial charge in [0.15, 0.2) is 0 Å². The van der Waals surface area contributed by atoms with Crippen LogP contribution in [0.2, 0.25) is 5.02 Å². The standard InChI is InChI=1S/C16H21ClN4O3/c1-20(2)14(22)10-5-12(17)13(19-6-10)21-7-11-8-24-4-3-16(11,9-21)15(18)23/h5-6,11H,3-4,7-9H2,1-2H3,(H2,18,23)/t11-,16+/m1/s1. The Morgan fingerprint density at radius 1 is 1.50 bits per heavy atom. The Morgan fingerprint density at radius 2 is 2.25 bits per heavy atom. The zero-order valence-corrected chi connectivity index (χ0v) is 14.5. The molecule has 1 aromatic rings. The van der Waals surface area contributed by atoms with Gasteiger partial charge in [0.2, 0.25) is 5.91 Å². The third-order valence-electron chi connectivity index (χ3n) is 4.97. The SMILES string of the molecule is CN(C)C(=O)c1cnc(N2C[C@@H]3COCC[C@]3(C(N)=O)C2)c(Cl)c1. The van der Waals surface area contributed by atoms with Crippen LogP contribution in [0.4, 0.5) is 5.82 Å². The average molecular weight is 353 g/mol. The number of nitrogens with two attached hydrogens (primary N) is 1. The molecular formula is C16H21ClN4O3. The molecule has 2 fully saturated rings. The second-order valence-corrected chi connectivity index (χ2v) is 7.06. The van der Waals surface area contributed by atoms with Crippen LogP contribution in [0.25, 0.3) is 0 Å². The van der Waals surface area contributed by atoms with E-state index in [-0.39, 0.29) is 17.7 Å². The van der Waals surface area contributed by atoms with Crippen LogP contribution in [0.5, 0.6) is 0 Å². The average Bonchev–Trinajstić information content (AvgIpc) is 2.94. The van der Waals surface area contributed by atoms with E-state index < -0.39 is 5.41 Å². The molecular weight excluding hydrogens is 332 g/mol. The lowest BCUT2D eigenvalue weighted by molar-refractivity contribution is -0.135. The Hall–Kier alpha value is -1.86. The van der Waals surface area contributed by atoms with Crippen LogP contribution < -0.4 is 10.6 Å². The molecule has 3 heterocycles. The van der Waals surface area contributed by atoms with Crippen LogP contribution in [0.3, 0.4) is 0 Å². The van der Waals surface area contributed by atoms with Gasteiger partial charge in [0.25, 0.3) is 5.91 Å². The number of ether oxygens (including phenoxy) is 1. The molecule has 0 aliphatic carbocycles. The summed E-state index contributed by atoms with van der Waals surface area (Å²) >= 11 is 6.36. The van der Waals surface area contributed by atoms with Crippen molar-refractivity contribution in [3.63, 3.8) is 0 Å². The lowest BCUT2D eigenvalue weighted by Crippen LogP contribution is -2.48. The highest BCUT2D eigenvalue weighted by atomic mass is 35.5. The molecule has 0 spiro atoms. The molecule has 2 aliphatic rings. The minimum atomic E-state index is -0.596. The van der Waals surface area contributed by atoms with Crippen molar-refractivity contribution in [3.05, 3.63) is 22.8 Å². The van der Waals surface area contributed by atoms with Crippen LogP contribution in [-0.4, -0.2) is 62.1 Å². The van der Waals surface area contributed by atoms with E-state index in [4.69, 9.17) is 22.1 Å². The quantitative estimate of drug-likeness (QED) is 0.867. The normalized spacial score (nSPS) is 26.1. The van der Waals surface area contributed by atoms with Crippen molar-refractivity contribution in [2.24, 2.45) is 17.1 Å². The molecule has 24 heavy (non-hydrogen) atoms. The summed E-state index contributed by atoms with van der Waals surface area (Å²) < 4.78 is 5.51. The van der Waals surface area contributed by atoms with E-state index in [2.05, 4.69) is 4.98 Å². The van der Waals surface area contributed by atoms with E-state index in [9.17, 15) is 9.59 Å². The molecule has 2 amide bonds. The number of pyridine rings is 1. The molecule has 130 valence electrons. The molecule has 3 rings (SSSR count). The summed E-state index contributed by atoms with van der Waals surface area (Å²) in [6.07, 6.45) is 2.12. The van der Waals surface area contributed by atoms with Gasteiger partial charge in [-0.2, -0.15) is 0 Å². The number of nitrogens with zero attached hydrogens (tertiary/aromatic N) is 3. The van der Waals surface area contributed by atoms with Crippen molar-refractivity contribution in [1.29, 1.82) is 0 Å². The summed E-state index contributed by atoms with van der Waals surface area (Å²) in [5.41, 5.74) is 5.53. The van der Waals surface area contributed by atoms with Crippen LogP contribution in [-0.2, 0) is 9.53 Å². The van der Waals surface area contributed by atoms with Crippen molar-refractivity contribution in [2.45, 2.75) is 6.42 Å². The van der Waals surface area contributed by atoms with Gasteiger partial charge >= 0.3 is 0 Å². The highest BCUT2D eigenvalue weighted by Gasteiger charge is 2.53. The predicted octanol–water partition coefficient (Wildman–Crippen LogP) is 0.765. The van der Waals surface area contributed by atoms with Gasteiger partial charge in [-0.25, -0.2) is 4.98 Å². The maximum absolute atomic E-state index is 12.1. The number of rotatable bonds is 3. The lowest BCUT2D eigenvalue weighted by atomic mass is 9.74. The first kappa shape index (κ1) is 17.0. The molecule has 7 nitrogen and oxygen atoms in total. The third-order valence-corrected chi connectivity index (χ3v) is 5.25. The molecule has 0 radical (unpaired) electrons. The first-order chi connectivity index (χ1) is 11.3. The molecule has 0 saturated carbocycles. The number of fused-ring (bicyclic) bond motifs is 1. The molecule has 2 atom stereocenters. The molecule has 2 saturated heterocycles. The van der Waals surface area contributed by atoms with Crippen molar-refractivity contribution < 1.29 is 14.3 Å². The van der Waals surface area contributed by atoms with E-state index in [1.165, 1.54) is 11.1 Å². The number of hydrogen-bond donors (Lipinski definition) is 1. The summed E-state index contributed by atoms with van der Waals surface area (Å²) in [6, 6.07) is 1.61. The molecule has 2 N–H and O–H groups in total. The van der Waals surface area contributed by atoms with Crippen LogP contribution >= 0.6 is 11.6 Å². The molecule has 0 aromatic carbocycles. The largest absolute Gasteiger partial charge is 0.381 e. The van der Waals surface area contributed by atoms with Gasteiger partial charge in [-0.3, -0.25) is 9.59 Å². The van der Waals surface area contributed by atoms with Gasteiger partial charge in [0.1, 0.15) is 5.82 Å². The summed E-state index contributed by atoms with van der Waals surface area (Å²) in [6.45, 7) is 2.12. The minimum absolute atomic E-state index is 0.0321. The smallest absolute Gasteiger partial charge is 0.254 e. The van der Waals surface area contributed by atoms with Crippen molar-refractivity contribution in [2.75, 3.05) is 45.3 Å². The van der Waals surface area contributed by atoms with Crippen LogP contribution in [0, 0.1) is 11.3 Å². The maximum atomic E-state index is 12.1. The first-order valence-electron chi connectivity index (χ1n) is 7.85. The predicted molar refractivity (Wildman–Crippen MR) is 90.0 cm³/mol. The van der Waals surface area contributed by atoms with Gasteiger partial charge in [-0.1, -0.05) is 11.6 Å². The minimum Gasteiger partial charge on any atom is -0.381 e. The van der Waals surface area contributed by atoms with Crippen LogP contribution in [0.1, 0.15) is 16.8 Å². The number of aromatic nitrogens is 1. The van der Waals surface area contributed by atoms with Crippen molar-refractivity contribution in [3.8, 4) is 0 Å². The second-order valence-electron chi connectivity index (χ2n) is 6.65. The summed E-state index contributed by atoms with van der Waals surface area (Å²) in [7, 11) is 3.35. The molecule has 0 unspecified atom stereocenters. The van der Waals surface area contributed by atoms with Gasteiger partial charge in [-0.15, -0.1) is 0 Å². The number of hydrogen-bond acceptors (Lipinski definition) is 5. The second kappa shape index (κ2) is 6.22. The zero-order valence-electron chi connectivity index (χ0n) is 13.8. The van der Waals surface area contributed by atoms with E-state index in [1.807, 2.05) is 4.90 Å². The lowest BCUT2D eigenvalue weighted by Gasteiger charge is -2.35. The molecule has 2 aliphatic heterocycles. The number of amides is 2. The van der Waals surface area contributed by atoms with Gasteiger partial charge in [0, 0.05) is 45.9 Å². The van der Waals surface area contributed by atoms with E-state index >= 15 is 0 Å². The number of halogens is 1.